The molecule has 6 nitrogen and oxygen atoms in total. The molecular formula is C23H25N3O3S. The largest absolute Gasteiger partial charge is 0.493 e. The second-order valence-electron chi connectivity index (χ2n) is 7.29. The van der Waals surface area contributed by atoms with E-state index in [0.29, 0.717) is 23.7 Å². The molecule has 0 spiro atoms. The van der Waals surface area contributed by atoms with Crippen LogP contribution in [0.1, 0.15) is 22.1 Å². The third-order valence-electron chi connectivity index (χ3n) is 5.38. The zero-order valence-electron chi connectivity index (χ0n) is 17.4. The van der Waals surface area contributed by atoms with Gasteiger partial charge >= 0.3 is 0 Å². The Morgan fingerprint density at radius 2 is 1.83 bits per heavy atom. The molecule has 3 aromatic rings. The number of aromatic nitrogens is 1. The van der Waals surface area contributed by atoms with Crippen LogP contribution in [0.25, 0.3) is 10.6 Å². The van der Waals surface area contributed by atoms with Gasteiger partial charge in [-0.2, -0.15) is 0 Å². The van der Waals surface area contributed by atoms with Gasteiger partial charge in [0.05, 0.1) is 20.3 Å². The highest BCUT2D eigenvalue weighted by Gasteiger charge is 2.32. The molecule has 1 aliphatic heterocycles. The van der Waals surface area contributed by atoms with Crippen molar-refractivity contribution in [3.8, 4) is 22.1 Å². The number of rotatable bonds is 5. The number of ether oxygens (including phenoxy) is 2. The Kier molecular flexibility index (Phi) is 6.01. The molecule has 1 fully saturated rings. The molecule has 30 heavy (non-hydrogen) atoms. The van der Waals surface area contributed by atoms with Crippen molar-refractivity contribution in [2.75, 3.05) is 40.9 Å². The number of piperazine rings is 1. The second kappa shape index (κ2) is 8.85. The van der Waals surface area contributed by atoms with E-state index >= 15 is 0 Å². The van der Waals surface area contributed by atoms with E-state index in [1.54, 1.807) is 14.2 Å². The molecule has 156 valence electrons. The lowest BCUT2D eigenvalue weighted by molar-refractivity contribution is 0.0493. The van der Waals surface area contributed by atoms with Gasteiger partial charge < -0.3 is 19.3 Å². The van der Waals surface area contributed by atoms with Crippen LogP contribution in [0.3, 0.4) is 0 Å². The summed E-state index contributed by atoms with van der Waals surface area (Å²) in [5.41, 5.74) is 2.53. The van der Waals surface area contributed by atoms with Gasteiger partial charge in [0.2, 0.25) is 0 Å². The Labute approximate surface area is 180 Å². The van der Waals surface area contributed by atoms with Crippen LogP contribution < -0.4 is 9.47 Å². The minimum absolute atomic E-state index is 0.0173. The van der Waals surface area contributed by atoms with Crippen LogP contribution in [0.5, 0.6) is 11.5 Å². The number of amides is 1. The highest BCUT2D eigenvalue weighted by molar-refractivity contribution is 7.13. The van der Waals surface area contributed by atoms with Gasteiger partial charge in [0.15, 0.2) is 11.5 Å². The molecule has 7 heteroatoms. The number of likely N-dealkylation sites (N-methyl/N-ethyl adjacent to an activating group) is 1. The fraction of sp³-hybridized carbons (Fsp3) is 0.304. The first-order valence-corrected chi connectivity index (χ1v) is 10.7. The first kappa shape index (κ1) is 20.4. The van der Waals surface area contributed by atoms with Gasteiger partial charge in [-0.25, -0.2) is 4.98 Å². The normalized spacial score (nSPS) is 17.0. The average Bonchev–Trinajstić information content (AvgIpc) is 3.29. The minimum atomic E-state index is -0.0278. The van der Waals surface area contributed by atoms with Crippen molar-refractivity contribution >= 4 is 17.2 Å². The van der Waals surface area contributed by atoms with Gasteiger partial charge in [-0.05, 0) is 30.8 Å². The number of hydrogen-bond acceptors (Lipinski definition) is 6. The van der Waals surface area contributed by atoms with Crippen LogP contribution >= 0.6 is 11.3 Å². The standard InChI is InChI=1S/C23H25N3O3S/c1-25-11-12-26(19(14-25)16-7-5-4-6-8-16)23(27)18-15-30-22(24-18)17-9-10-20(28-2)21(13-17)29-3/h4-10,13,15,19H,11-12,14H2,1-3H3/t19-/m1/s1. The molecule has 0 radical (unpaired) electrons. The van der Waals surface area contributed by atoms with Gasteiger partial charge in [-0.1, -0.05) is 30.3 Å². The maximum absolute atomic E-state index is 13.4. The molecule has 2 heterocycles. The fourth-order valence-corrected chi connectivity index (χ4v) is 4.53. The summed E-state index contributed by atoms with van der Waals surface area (Å²) in [6.07, 6.45) is 0. The maximum atomic E-state index is 13.4. The van der Waals surface area contributed by atoms with E-state index in [1.165, 1.54) is 11.3 Å². The third-order valence-corrected chi connectivity index (χ3v) is 6.27. The highest BCUT2D eigenvalue weighted by atomic mass is 32.1. The molecule has 1 aromatic heterocycles. The quantitative estimate of drug-likeness (QED) is 0.622. The van der Waals surface area contributed by atoms with Crippen LogP contribution in [-0.4, -0.2) is 61.6 Å². The molecule has 1 atom stereocenters. The Bertz CT molecular complexity index is 1020. The summed E-state index contributed by atoms with van der Waals surface area (Å²) in [4.78, 5) is 22.2. The molecule has 2 aromatic carbocycles. The summed E-state index contributed by atoms with van der Waals surface area (Å²) in [7, 11) is 5.31. The number of methoxy groups -OCH3 is 2. The number of carbonyl (C=O) groups excluding carboxylic acids is 1. The van der Waals surface area contributed by atoms with Crippen LogP contribution in [0.15, 0.2) is 53.9 Å². The number of hydrogen-bond donors (Lipinski definition) is 0. The van der Waals surface area contributed by atoms with E-state index in [0.717, 1.165) is 29.2 Å². The summed E-state index contributed by atoms with van der Waals surface area (Å²) in [6.45, 7) is 2.34. The van der Waals surface area contributed by atoms with Crippen molar-refractivity contribution in [3.05, 3.63) is 65.2 Å². The summed E-state index contributed by atoms with van der Waals surface area (Å²) >= 11 is 1.46. The Morgan fingerprint density at radius 3 is 2.57 bits per heavy atom. The summed E-state index contributed by atoms with van der Waals surface area (Å²) < 4.78 is 10.7. The number of nitrogens with zero attached hydrogens (tertiary/aromatic N) is 3. The van der Waals surface area contributed by atoms with Crippen molar-refractivity contribution in [1.82, 2.24) is 14.8 Å². The summed E-state index contributed by atoms with van der Waals surface area (Å²) in [5.74, 6) is 1.28. The lowest BCUT2D eigenvalue weighted by Gasteiger charge is -2.40. The van der Waals surface area contributed by atoms with Crippen molar-refractivity contribution in [2.45, 2.75) is 6.04 Å². The van der Waals surface area contributed by atoms with E-state index in [1.807, 2.05) is 46.7 Å². The van der Waals surface area contributed by atoms with E-state index < -0.39 is 0 Å². The number of thiazole rings is 1. The van der Waals surface area contributed by atoms with Gasteiger partial charge in [-0.3, -0.25) is 4.79 Å². The van der Waals surface area contributed by atoms with Crippen LogP contribution in [0.2, 0.25) is 0 Å². The average molecular weight is 424 g/mol. The molecule has 0 unspecified atom stereocenters. The topological polar surface area (TPSA) is 54.9 Å². The predicted octanol–water partition coefficient (Wildman–Crippen LogP) is 3.96. The molecule has 0 N–H and O–H groups in total. The van der Waals surface area contributed by atoms with Gasteiger partial charge in [0, 0.05) is 30.6 Å². The molecule has 0 bridgehead atoms. The Balaban J connectivity index is 1.60. The van der Waals surface area contributed by atoms with E-state index in [4.69, 9.17) is 9.47 Å². The third kappa shape index (κ3) is 4.04. The van der Waals surface area contributed by atoms with Crippen LogP contribution in [-0.2, 0) is 0 Å². The minimum Gasteiger partial charge on any atom is -0.493 e. The van der Waals surface area contributed by atoms with Crippen molar-refractivity contribution < 1.29 is 14.3 Å². The lowest BCUT2D eigenvalue weighted by Crippen LogP contribution is -2.49. The fourth-order valence-electron chi connectivity index (χ4n) is 3.74. The van der Waals surface area contributed by atoms with Gasteiger partial charge in [-0.15, -0.1) is 11.3 Å². The maximum Gasteiger partial charge on any atom is 0.273 e. The molecule has 0 aliphatic carbocycles. The highest BCUT2D eigenvalue weighted by Crippen LogP contribution is 2.34. The zero-order valence-corrected chi connectivity index (χ0v) is 18.2. The SMILES string of the molecule is COc1ccc(-c2nc(C(=O)N3CCN(C)C[C@@H]3c3ccccc3)cs2)cc1OC. The molecular weight excluding hydrogens is 398 g/mol. The number of carbonyl (C=O) groups is 1. The lowest BCUT2D eigenvalue weighted by atomic mass is 10.0. The van der Waals surface area contributed by atoms with Crippen LogP contribution in [0.4, 0.5) is 0 Å². The van der Waals surface area contributed by atoms with Crippen LogP contribution in [0, 0.1) is 0 Å². The van der Waals surface area contributed by atoms with Gasteiger partial charge in [0.25, 0.3) is 5.91 Å². The second-order valence-corrected chi connectivity index (χ2v) is 8.15. The smallest absolute Gasteiger partial charge is 0.273 e. The monoisotopic (exact) mass is 423 g/mol. The molecule has 0 saturated carbocycles. The summed E-state index contributed by atoms with van der Waals surface area (Å²) in [5, 5.41) is 2.62. The predicted molar refractivity (Wildman–Crippen MR) is 118 cm³/mol. The number of benzene rings is 2. The Hall–Kier alpha value is -2.90. The molecule has 1 amide bonds. The van der Waals surface area contributed by atoms with E-state index in [-0.39, 0.29) is 11.9 Å². The van der Waals surface area contributed by atoms with E-state index in [2.05, 4.69) is 29.1 Å². The molecule has 1 saturated heterocycles. The zero-order chi connectivity index (χ0) is 21.1. The van der Waals surface area contributed by atoms with E-state index in [9.17, 15) is 4.79 Å². The van der Waals surface area contributed by atoms with Crippen molar-refractivity contribution in [3.63, 3.8) is 0 Å². The first-order chi connectivity index (χ1) is 14.6. The first-order valence-electron chi connectivity index (χ1n) is 9.83. The molecule has 4 rings (SSSR count). The molecule has 1 aliphatic rings. The summed E-state index contributed by atoms with van der Waals surface area (Å²) in [6, 6.07) is 15.9. The van der Waals surface area contributed by atoms with Crippen molar-refractivity contribution in [1.29, 1.82) is 0 Å². The van der Waals surface area contributed by atoms with Gasteiger partial charge in [0.1, 0.15) is 10.7 Å². The Morgan fingerprint density at radius 1 is 1.07 bits per heavy atom. The van der Waals surface area contributed by atoms with Crippen molar-refractivity contribution in [2.24, 2.45) is 0 Å².